The zero-order chi connectivity index (χ0) is 12.3. The summed E-state index contributed by atoms with van der Waals surface area (Å²) in [7, 11) is 1.62. The Bertz CT molecular complexity index is 422. The summed E-state index contributed by atoms with van der Waals surface area (Å²) in [5, 5.41) is -0.194. The number of hydrogen-bond donors (Lipinski definition) is 0. The minimum absolute atomic E-state index is 0.0586. The van der Waals surface area contributed by atoms with E-state index < -0.39 is 0 Å². The number of carbonyl (C=O) groups excluding carboxylic acids is 1. The van der Waals surface area contributed by atoms with Gasteiger partial charge in [0.15, 0.2) is 0 Å². The van der Waals surface area contributed by atoms with E-state index in [1.165, 1.54) is 11.8 Å². The van der Waals surface area contributed by atoms with Crippen molar-refractivity contribution in [2.45, 2.75) is 5.25 Å². The van der Waals surface area contributed by atoms with Gasteiger partial charge in [-0.1, -0.05) is 54.3 Å². The Labute approximate surface area is 110 Å². The quantitative estimate of drug-likeness (QED) is 0.783. The topological polar surface area (TPSA) is 29.5 Å². The highest BCUT2D eigenvalue weighted by Crippen LogP contribution is 2.39. The highest BCUT2D eigenvalue weighted by atomic mass is 32.2. The summed E-state index contributed by atoms with van der Waals surface area (Å²) >= 11 is 6.66. The van der Waals surface area contributed by atoms with Gasteiger partial charge in [-0.05, 0) is 5.56 Å². The summed E-state index contributed by atoms with van der Waals surface area (Å²) in [5.74, 6) is 0.0586. The Hall–Kier alpha value is -0.910. The van der Waals surface area contributed by atoms with Gasteiger partial charge in [0.25, 0.3) is 0 Å². The highest BCUT2D eigenvalue weighted by molar-refractivity contribution is 8.24. The van der Waals surface area contributed by atoms with E-state index in [1.807, 2.05) is 30.3 Å². The van der Waals surface area contributed by atoms with Crippen molar-refractivity contribution in [1.29, 1.82) is 0 Å². The SMILES string of the molecule is COCCN1C(=O)[C@@H](c2ccccc2)SC1=S. The van der Waals surface area contributed by atoms with Crippen molar-refractivity contribution in [2.24, 2.45) is 0 Å². The highest BCUT2D eigenvalue weighted by Gasteiger charge is 2.37. The molecule has 0 N–H and O–H groups in total. The molecule has 1 amide bonds. The molecule has 17 heavy (non-hydrogen) atoms. The zero-order valence-electron chi connectivity index (χ0n) is 9.46. The lowest BCUT2D eigenvalue weighted by Gasteiger charge is -2.14. The number of thiocarbonyl (C=S) groups is 1. The number of methoxy groups -OCH3 is 1. The number of rotatable bonds is 4. The Morgan fingerprint density at radius 1 is 1.41 bits per heavy atom. The van der Waals surface area contributed by atoms with Crippen molar-refractivity contribution < 1.29 is 9.53 Å². The maximum absolute atomic E-state index is 12.2. The average molecular weight is 267 g/mol. The molecule has 1 aromatic carbocycles. The second-order valence-corrected chi connectivity index (χ2v) is 5.40. The first-order chi connectivity index (χ1) is 8.24. The number of ether oxygens (including phenoxy) is 1. The van der Waals surface area contributed by atoms with Crippen molar-refractivity contribution in [3.05, 3.63) is 35.9 Å². The molecular formula is C12H13NO2S2. The Morgan fingerprint density at radius 3 is 2.76 bits per heavy atom. The Kier molecular flexibility index (Phi) is 4.15. The molecule has 1 aromatic rings. The minimum Gasteiger partial charge on any atom is -0.383 e. The summed E-state index contributed by atoms with van der Waals surface area (Å²) in [4.78, 5) is 13.8. The summed E-state index contributed by atoms with van der Waals surface area (Å²) in [6, 6.07) is 9.72. The Balaban J connectivity index is 2.13. The summed E-state index contributed by atoms with van der Waals surface area (Å²) in [6.07, 6.45) is 0. The predicted molar refractivity (Wildman–Crippen MR) is 73.0 cm³/mol. The van der Waals surface area contributed by atoms with Gasteiger partial charge in [-0.2, -0.15) is 0 Å². The molecule has 3 nitrogen and oxygen atoms in total. The van der Waals surface area contributed by atoms with Crippen LogP contribution in [0.5, 0.6) is 0 Å². The van der Waals surface area contributed by atoms with Gasteiger partial charge in [0.2, 0.25) is 5.91 Å². The van der Waals surface area contributed by atoms with Gasteiger partial charge < -0.3 is 4.74 Å². The van der Waals surface area contributed by atoms with Gasteiger partial charge in [0, 0.05) is 7.11 Å². The van der Waals surface area contributed by atoms with E-state index in [4.69, 9.17) is 17.0 Å². The molecule has 1 atom stereocenters. The van der Waals surface area contributed by atoms with E-state index in [9.17, 15) is 4.79 Å². The lowest BCUT2D eigenvalue weighted by atomic mass is 10.1. The molecule has 1 heterocycles. The number of thioether (sulfide) groups is 1. The molecule has 0 aromatic heterocycles. The molecule has 0 spiro atoms. The summed E-state index contributed by atoms with van der Waals surface area (Å²) in [5.41, 5.74) is 1.00. The van der Waals surface area contributed by atoms with Crippen LogP contribution in [-0.4, -0.2) is 35.4 Å². The normalized spacial score (nSPS) is 20.1. The number of amides is 1. The van der Waals surface area contributed by atoms with Crippen molar-refractivity contribution in [3.63, 3.8) is 0 Å². The molecule has 0 aliphatic carbocycles. The molecule has 1 aliphatic heterocycles. The zero-order valence-corrected chi connectivity index (χ0v) is 11.1. The van der Waals surface area contributed by atoms with Gasteiger partial charge in [0.05, 0.1) is 13.2 Å². The van der Waals surface area contributed by atoms with E-state index in [0.29, 0.717) is 17.5 Å². The fraction of sp³-hybridized carbons (Fsp3) is 0.333. The first kappa shape index (κ1) is 12.5. The number of benzene rings is 1. The summed E-state index contributed by atoms with van der Waals surface area (Å²) < 4.78 is 5.62. The summed E-state index contributed by atoms with van der Waals surface area (Å²) in [6.45, 7) is 1.04. The van der Waals surface area contributed by atoms with Gasteiger partial charge in [-0.3, -0.25) is 9.69 Å². The first-order valence-electron chi connectivity index (χ1n) is 5.30. The number of carbonyl (C=O) groups is 1. The monoisotopic (exact) mass is 267 g/mol. The van der Waals surface area contributed by atoms with Crippen molar-refractivity contribution in [3.8, 4) is 0 Å². The van der Waals surface area contributed by atoms with Crippen LogP contribution in [-0.2, 0) is 9.53 Å². The van der Waals surface area contributed by atoms with E-state index >= 15 is 0 Å². The maximum atomic E-state index is 12.2. The fourth-order valence-corrected chi connectivity index (χ4v) is 3.17. The lowest BCUT2D eigenvalue weighted by Crippen LogP contribution is -2.32. The third kappa shape index (κ3) is 2.68. The standard InChI is InChI=1S/C12H13NO2S2/c1-15-8-7-13-11(14)10(17-12(13)16)9-5-3-2-4-6-9/h2-6,10H,7-8H2,1H3/t10-/m1/s1. The van der Waals surface area contributed by atoms with Crippen LogP contribution in [0.3, 0.4) is 0 Å². The molecule has 2 rings (SSSR count). The van der Waals surface area contributed by atoms with Gasteiger partial charge >= 0.3 is 0 Å². The van der Waals surface area contributed by atoms with E-state index in [0.717, 1.165) is 5.56 Å². The van der Waals surface area contributed by atoms with E-state index in [1.54, 1.807) is 12.0 Å². The molecular weight excluding hydrogens is 254 g/mol. The molecule has 1 fully saturated rings. The van der Waals surface area contributed by atoms with Crippen LogP contribution < -0.4 is 0 Å². The van der Waals surface area contributed by atoms with Crippen LogP contribution >= 0.6 is 24.0 Å². The molecule has 0 bridgehead atoms. The molecule has 5 heteroatoms. The fourth-order valence-electron chi connectivity index (χ4n) is 1.67. The first-order valence-corrected chi connectivity index (χ1v) is 6.58. The van der Waals surface area contributed by atoms with Crippen molar-refractivity contribution in [1.82, 2.24) is 4.90 Å². The lowest BCUT2D eigenvalue weighted by molar-refractivity contribution is -0.126. The molecule has 1 aliphatic rings. The van der Waals surface area contributed by atoms with Crippen LogP contribution in [0.1, 0.15) is 10.8 Å². The molecule has 1 saturated heterocycles. The smallest absolute Gasteiger partial charge is 0.246 e. The van der Waals surface area contributed by atoms with Gasteiger partial charge in [0.1, 0.15) is 9.57 Å². The third-order valence-corrected chi connectivity index (χ3v) is 4.19. The third-order valence-electron chi connectivity index (χ3n) is 2.55. The number of nitrogens with zero attached hydrogens (tertiary/aromatic N) is 1. The predicted octanol–water partition coefficient (Wildman–Crippen LogP) is 2.23. The van der Waals surface area contributed by atoms with Gasteiger partial charge in [-0.15, -0.1) is 0 Å². The van der Waals surface area contributed by atoms with Gasteiger partial charge in [-0.25, -0.2) is 0 Å². The van der Waals surface area contributed by atoms with Crippen molar-refractivity contribution >= 4 is 34.2 Å². The molecule has 90 valence electrons. The molecule has 0 unspecified atom stereocenters. The van der Waals surface area contributed by atoms with Crippen molar-refractivity contribution in [2.75, 3.05) is 20.3 Å². The van der Waals surface area contributed by atoms with Crippen LogP contribution in [0.4, 0.5) is 0 Å². The molecule has 0 saturated carbocycles. The van der Waals surface area contributed by atoms with Crippen LogP contribution in [0.25, 0.3) is 0 Å². The minimum atomic E-state index is -0.194. The van der Waals surface area contributed by atoms with E-state index in [2.05, 4.69) is 0 Å². The second-order valence-electron chi connectivity index (χ2n) is 3.66. The van der Waals surface area contributed by atoms with Crippen LogP contribution in [0.15, 0.2) is 30.3 Å². The Morgan fingerprint density at radius 2 is 2.12 bits per heavy atom. The largest absolute Gasteiger partial charge is 0.383 e. The average Bonchev–Trinajstić information content (AvgIpc) is 2.64. The molecule has 0 radical (unpaired) electrons. The number of hydrogen-bond acceptors (Lipinski definition) is 4. The van der Waals surface area contributed by atoms with Crippen LogP contribution in [0, 0.1) is 0 Å². The second kappa shape index (κ2) is 5.62. The maximum Gasteiger partial charge on any atom is 0.246 e. The van der Waals surface area contributed by atoms with E-state index in [-0.39, 0.29) is 11.2 Å². The van der Waals surface area contributed by atoms with Crippen LogP contribution in [0.2, 0.25) is 0 Å².